The Morgan fingerprint density at radius 3 is 1.54 bits per heavy atom. The fourth-order valence-electron chi connectivity index (χ4n) is 2.77. The maximum Gasteiger partial charge on any atom is 0.163 e. The van der Waals surface area contributed by atoms with Gasteiger partial charge in [0.25, 0.3) is 0 Å². The molecule has 0 atom stereocenters. The van der Waals surface area contributed by atoms with Crippen LogP contribution in [0.5, 0.6) is 0 Å². The minimum absolute atomic E-state index is 0.0303. The molecule has 0 aliphatic rings. The van der Waals surface area contributed by atoms with Crippen LogP contribution in [0.4, 0.5) is 0 Å². The number of benzene rings is 3. The third-order valence-electron chi connectivity index (χ3n) is 4.10. The highest BCUT2D eigenvalue weighted by atomic mass is 31.2. The zero-order valence-electron chi connectivity index (χ0n) is 13.3. The van der Waals surface area contributed by atoms with Crippen LogP contribution in [0.2, 0.25) is 0 Å². The van der Waals surface area contributed by atoms with E-state index in [0.717, 1.165) is 10.6 Å². The summed E-state index contributed by atoms with van der Waals surface area (Å²) in [5.74, 6) is 0.0303. The van der Waals surface area contributed by atoms with Crippen molar-refractivity contribution in [3.63, 3.8) is 0 Å². The summed E-state index contributed by atoms with van der Waals surface area (Å²) in [4.78, 5) is 12.4. The van der Waals surface area contributed by atoms with E-state index in [-0.39, 0.29) is 12.2 Å². The van der Waals surface area contributed by atoms with Crippen LogP contribution in [0, 0.1) is 0 Å². The molecule has 0 unspecified atom stereocenters. The van der Waals surface area contributed by atoms with Gasteiger partial charge in [0.05, 0.1) is 0 Å². The summed E-state index contributed by atoms with van der Waals surface area (Å²) in [6.07, 6.45) is 0.611. The zero-order chi connectivity index (χ0) is 16.8. The summed E-state index contributed by atoms with van der Waals surface area (Å²) >= 11 is 0. The van der Waals surface area contributed by atoms with Crippen molar-refractivity contribution in [2.24, 2.45) is 0 Å². The number of ketones is 1. The number of hydrogen-bond acceptors (Lipinski definition) is 2. The van der Waals surface area contributed by atoms with Crippen molar-refractivity contribution in [3.05, 3.63) is 96.6 Å². The lowest BCUT2D eigenvalue weighted by Crippen LogP contribution is -2.19. The fourth-order valence-corrected chi connectivity index (χ4v) is 5.41. The first-order valence-electron chi connectivity index (χ1n) is 7.99. The summed E-state index contributed by atoms with van der Waals surface area (Å²) in [6.45, 7) is 0. The quantitative estimate of drug-likeness (QED) is 0.498. The first-order valence-corrected chi connectivity index (χ1v) is 9.88. The third kappa shape index (κ3) is 3.55. The number of rotatable bonds is 6. The molecule has 0 aromatic heterocycles. The van der Waals surface area contributed by atoms with Crippen molar-refractivity contribution in [2.75, 3.05) is 6.16 Å². The topological polar surface area (TPSA) is 34.1 Å². The predicted octanol–water partition coefficient (Wildman–Crippen LogP) is 4.27. The summed E-state index contributed by atoms with van der Waals surface area (Å²) in [5.41, 5.74) is 0.671. The highest BCUT2D eigenvalue weighted by molar-refractivity contribution is 7.78. The van der Waals surface area contributed by atoms with Crippen molar-refractivity contribution in [1.82, 2.24) is 0 Å². The summed E-state index contributed by atoms with van der Waals surface area (Å²) in [7, 11) is -2.82. The first kappa shape index (κ1) is 16.4. The van der Waals surface area contributed by atoms with Crippen LogP contribution in [-0.4, -0.2) is 11.9 Å². The van der Waals surface area contributed by atoms with Gasteiger partial charge < -0.3 is 4.57 Å². The number of carbonyl (C=O) groups is 1. The molecule has 3 aromatic carbocycles. The molecule has 0 heterocycles. The monoisotopic (exact) mass is 334 g/mol. The van der Waals surface area contributed by atoms with E-state index in [2.05, 4.69) is 0 Å². The van der Waals surface area contributed by atoms with Gasteiger partial charge in [0.2, 0.25) is 0 Å². The molecule has 0 N–H and O–H groups in total. The molecule has 0 saturated heterocycles. The van der Waals surface area contributed by atoms with E-state index < -0.39 is 7.14 Å². The SMILES string of the molecule is O=C(CCP(=O)(c1ccccc1)c1ccccc1)c1ccccc1. The van der Waals surface area contributed by atoms with E-state index in [9.17, 15) is 9.36 Å². The maximum atomic E-state index is 13.8. The standard InChI is InChI=1S/C21H19O2P/c22-21(18-10-4-1-5-11-18)16-17-24(23,19-12-6-2-7-13-19)20-14-8-3-9-15-20/h1-15H,16-17H2. The number of carbonyl (C=O) groups excluding carboxylic acids is 1. The lowest BCUT2D eigenvalue weighted by molar-refractivity contribution is 0.0989. The molecule has 0 radical (unpaired) electrons. The Kier molecular flexibility index (Phi) is 5.08. The second-order valence-corrected chi connectivity index (χ2v) is 8.63. The van der Waals surface area contributed by atoms with E-state index in [4.69, 9.17) is 0 Å². The lowest BCUT2D eigenvalue weighted by Gasteiger charge is -2.19. The average molecular weight is 334 g/mol. The van der Waals surface area contributed by atoms with Gasteiger partial charge in [-0.1, -0.05) is 91.0 Å². The Balaban J connectivity index is 1.89. The summed E-state index contributed by atoms with van der Waals surface area (Å²) in [6, 6.07) is 28.1. The van der Waals surface area contributed by atoms with Crippen LogP contribution >= 0.6 is 7.14 Å². The van der Waals surface area contributed by atoms with Crippen LogP contribution in [0.3, 0.4) is 0 Å². The molecule has 3 heteroatoms. The van der Waals surface area contributed by atoms with Gasteiger partial charge in [0.1, 0.15) is 7.14 Å². The minimum Gasteiger partial charge on any atom is -0.314 e. The molecule has 0 fully saturated rings. The Bertz CT molecular complexity index is 799. The average Bonchev–Trinajstić information content (AvgIpc) is 2.68. The van der Waals surface area contributed by atoms with Gasteiger partial charge in [0.15, 0.2) is 5.78 Å². The summed E-state index contributed by atoms with van der Waals surface area (Å²) < 4.78 is 13.8. The molecule has 0 saturated carbocycles. The maximum absolute atomic E-state index is 13.8. The summed E-state index contributed by atoms with van der Waals surface area (Å²) in [5, 5.41) is 1.61. The second-order valence-electron chi connectivity index (χ2n) is 5.67. The smallest absolute Gasteiger partial charge is 0.163 e. The molecule has 2 nitrogen and oxygen atoms in total. The molecule has 0 bridgehead atoms. The normalized spacial score (nSPS) is 11.2. The Hall–Kier alpha value is -2.44. The van der Waals surface area contributed by atoms with Gasteiger partial charge >= 0.3 is 0 Å². The van der Waals surface area contributed by atoms with Crippen molar-refractivity contribution in [1.29, 1.82) is 0 Å². The largest absolute Gasteiger partial charge is 0.314 e. The molecule has 0 spiro atoms. The third-order valence-corrected chi connectivity index (χ3v) is 7.21. The first-order chi connectivity index (χ1) is 11.7. The highest BCUT2D eigenvalue weighted by Gasteiger charge is 2.27. The van der Waals surface area contributed by atoms with Gasteiger partial charge in [-0.05, 0) is 0 Å². The van der Waals surface area contributed by atoms with E-state index in [1.807, 2.05) is 78.9 Å². The van der Waals surface area contributed by atoms with Crippen LogP contribution in [-0.2, 0) is 4.57 Å². The van der Waals surface area contributed by atoms with E-state index >= 15 is 0 Å². The molecule has 0 aliphatic carbocycles. The number of hydrogen-bond donors (Lipinski definition) is 0. The van der Waals surface area contributed by atoms with E-state index in [0.29, 0.717) is 11.7 Å². The lowest BCUT2D eigenvalue weighted by atomic mass is 10.1. The van der Waals surface area contributed by atoms with Gasteiger partial charge in [0, 0.05) is 28.8 Å². The van der Waals surface area contributed by atoms with Crippen molar-refractivity contribution >= 4 is 23.5 Å². The van der Waals surface area contributed by atoms with Crippen LogP contribution in [0.25, 0.3) is 0 Å². The molecule has 0 amide bonds. The van der Waals surface area contributed by atoms with Crippen LogP contribution < -0.4 is 10.6 Å². The van der Waals surface area contributed by atoms with E-state index in [1.165, 1.54) is 0 Å². The van der Waals surface area contributed by atoms with Crippen molar-refractivity contribution in [2.45, 2.75) is 6.42 Å². The van der Waals surface area contributed by atoms with Gasteiger partial charge in [-0.25, -0.2) is 0 Å². The second kappa shape index (κ2) is 7.42. The molecular weight excluding hydrogens is 315 g/mol. The van der Waals surface area contributed by atoms with Crippen molar-refractivity contribution in [3.8, 4) is 0 Å². The predicted molar refractivity (Wildman–Crippen MR) is 100 cm³/mol. The Morgan fingerprint density at radius 2 is 1.08 bits per heavy atom. The number of Topliss-reactive ketones (excluding diaryl/α,β-unsaturated/α-hetero) is 1. The van der Waals surface area contributed by atoms with Crippen LogP contribution in [0.15, 0.2) is 91.0 Å². The Labute approximate surface area is 142 Å². The molecule has 24 heavy (non-hydrogen) atoms. The molecule has 0 aliphatic heterocycles. The molecule has 3 rings (SSSR count). The molecular formula is C21H19O2P. The van der Waals surface area contributed by atoms with E-state index in [1.54, 1.807) is 12.1 Å². The fraction of sp³-hybridized carbons (Fsp3) is 0.0952. The Morgan fingerprint density at radius 1 is 0.667 bits per heavy atom. The van der Waals surface area contributed by atoms with Gasteiger partial charge in [-0.15, -0.1) is 0 Å². The van der Waals surface area contributed by atoms with Crippen LogP contribution in [0.1, 0.15) is 16.8 Å². The zero-order valence-corrected chi connectivity index (χ0v) is 14.2. The molecule has 3 aromatic rings. The molecule has 120 valence electrons. The minimum atomic E-state index is -2.82. The van der Waals surface area contributed by atoms with Crippen molar-refractivity contribution < 1.29 is 9.36 Å². The highest BCUT2D eigenvalue weighted by Crippen LogP contribution is 2.44. The van der Waals surface area contributed by atoms with Gasteiger partial charge in [-0.2, -0.15) is 0 Å². The van der Waals surface area contributed by atoms with Gasteiger partial charge in [-0.3, -0.25) is 4.79 Å².